The molecule has 210 valence electrons. The highest BCUT2D eigenvalue weighted by Gasteiger charge is 2.38. The van der Waals surface area contributed by atoms with Gasteiger partial charge >= 0.3 is 12.1 Å². The molecule has 0 aliphatic rings. The molecule has 2 aromatic rings. The number of alkyl halides is 3. The van der Waals surface area contributed by atoms with Crippen LogP contribution in [0.25, 0.3) is 0 Å². The number of nitrogens with zero attached hydrogens (tertiary/aromatic N) is 1. The minimum atomic E-state index is -5.08. The Labute approximate surface area is 212 Å². The molecule has 1 heterocycles. The maximum absolute atomic E-state index is 13.3. The smallest absolute Gasteiger partial charge is 0.475 e. The lowest BCUT2D eigenvalue weighted by atomic mass is 10.1. The van der Waals surface area contributed by atoms with Crippen molar-refractivity contribution in [1.29, 1.82) is 0 Å². The fourth-order valence-electron chi connectivity index (χ4n) is 2.64. The molecule has 1 aromatic carbocycles. The number of carbonyl (C=O) groups is 2. The maximum atomic E-state index is 13.3. The zero-order chi connectivity index (χ0) is 29.1. The van der Waals surface area contributed by atoms with Crippen molar-refractivity contribution in [1.82, 2.24) is 10.3 Å². The van der Waals surface area contributed by atoms with Crippen molar-refractivity contribution in [3.05, 3.63) is 63.3 Å². The molecule has 0 fully saturated rings. The fourth-order valence-corrected chi connectivity index (χ4v) is 3.86. The number of halogens is 4. The van der Waals surface area contributed by atoms with Crippen LogP contribution in [0.2, 0.25) is 0 Å². The van der Waals surface area contributed by atoms with Crippen molar-refractivity contribution in [3.63, 3.8) is 0 Å². The van der Waals surface area contributed by atoms with Crippen LogP contribution >= 0.6 is 0 Å². The first-order chi connectivity index (χ1) is 17.5. The molecular weight excluding hydrogens is 544 g/mol. The van der Waals surface area contributed by atoms with Crippen molar-refractivity contribution in [2.75, 3.05) is 17.9 Å². The Hall–Kier alpha value is -4.35. The quantitative estimate of drug-likeness (QED) is 0.0760. The molecule has 0 atom stereocenters. The van der Waals surface area contributed by atoms with Gasteiger partial charge in [0.25, 0.3) is 5.56 Å². The Morgan fingerprint density at radius 1 is 1.21 bits per heavy atom. The summed E-state index contributed by atoms with van der Waals surface area (Å²) < 4.78 is 72.3. The third-order valence-electron chi connectivity index (χ3n) is 4.03. The first-order valence-electron chi connectivity index (χ1n) is 10.3. The van der Waals surface area contributed by atoms with Crippen LogP contribution in [0.5, 0.6) is 0 Å². The van der Waals surface area contributed by atoms with Crippen molar-refractivity contribution in [2.45, 2.75) is 25.3 Å². The molecule has 0 saturated heterocycles. The lowest BCUT2D eigenvalue weighted by Gasteiger charge is -2.13. The summed E-state index contributed by atoms with van der Waals surface area (Å²) in [6, 6.07) is 6.58. The van der Waals surface area contributed by atoms with Gasteiger partial charge < -0.3 is 31.7 Å². The van der Waals surface area contributed by atoms with Crippen molar-refractivity contribution >= 4 is 33.5 Å². The van der Waals surface area contributed by atoms with Gasteiger partial charge in [0.05, 0.1) is 18.7 Å². The number of nitrogens with one attached hydrogen (secondary N) is 3. The summed E-state index contributed by atoms with van der Waals surface area (Å²) in [5.74, 6) is -4.63. The molecule has 0 unspecified atom stereocenters. The van der Waals surface area contributed by atoms with Gasteiger partial charge in [-0.15, -0.1) is 0 Å². The molecule has 0 aliphatic carbocycles. The normalized spacial score (nSPS) is 11.0. The summed E-state index contributed by atoms with van der Waals surface area (Å²) in [6.45, 7) is 1.68. The van der Waals surface area contributed by atoms with Gasteiger partial charge in [0, 0.05) is 5.69 Å². The van der Waals surface area contributed by atoms with Crippen LogP contribution < -0.4 is 27.1 Å². The Bertz CT molecular complexity index is 1330. The number of carboxylic acids is 1. The number of nitrogens with two attached hydrogens (primary N) is 2. The molecule has 0 radical (unpaired) electrons. The summed E-state index contributed by atoms with van der Waals surface area (Å²) in [7, 11) is -4.06. The monoisotopic (exact) mass is 568 g/mol. The number of guanidine groups is 1. The number of rotatable bonds is 10. The number of sulfonamides is 1. The van der Waals surface area contributed by atoms with Crippen LogP contribution in [0, 0.1) is 12.7 Å². The van der Waals surface area contributed by atoms with E-state index in [1.807, 2.05) is 0 Å². The number of aromatic amines is 1. The predicted molar refractivity (Wildman–Crippen MR) is 127 cm³/mol. The minimum Gasteiger partial charge on any atom is -0.475 e. The molecule has 18 heteroatoms. The summed E-state index contributed by atoms with van der Waals surface area (Å²) >= 11 is 0. The number of carbonyl (C=O) groups excluding carboxylic acids is 1. The van der Waals surface area contributed by atoms with Crippen molar-refractivity contribution in [3.8, 4) is 0 Å². The number of aryl methyl sites for hydroxylation is 1. The van der Waals surface area contributed by atoms with E-state index in [0.717, 1.165) is 6.07 Å². The van der Waals surface area contributed by atoms with Gasteiger partial charge in [0.2, 0.25) is 21.9 Å². The third-order valence-corrected chi connectivity index (χ3v) is 5.26. The SMILES string of the molecule is Cc1cc(CC(=O)NCCON=C(N)N)c(NS(=O)(=O)Cc2cccc(F)c2)c(=O)[nH]1.O=C(O)C(F)(F)F. The Morgan fingerprint density at radius 2 is 1.84 bits per heavy atom. The lowest BCUT2D eigenvalue weighted by molar-refractivity contribution is -0.192. The zero-order valence-corrected chi connectivity index (χ0v) is 20.5. The van der Waals surface area contributed by atoms with Crippen molar-refractivity contribution < 1.29 is 45.5 Å². The van der Waals surface area contributed by atoms with E-state index in [1.165, 1.54) is 24.3 Å². The first-order valence-corrected chi connectivity index (χ1v) is 11.9. The molecule has 0 bridgehead atoms. The maximum Gasteiger partial charge on any atom is 0.490 e. The minimum absolute atomic E-state index is 0.00512. The first kappa shape index (κ1) is 31.7. The number of carboxylic acid groups (broad SMARTS) is 1. The highest BCUT2D eigenvalue weighted by molar-refractivity contribution is 7.91. The molecule has 1 amide bonds. The van der Waals surface area contributed by atoms with Crippen LogP contribution in [-0.4, -0.2) is 55.7 Å². The summed E-state index contributed by atoms with van der Waals surface area (Å²) in [6.07, 6.45) is -5.36. The molecular formula is C20H24F4N6O7S. The number of oxime groups is 1. The molecule has 8 N–H and O–H groups in total. The van der Waals surface area contributed by atoms with E-state index in [0.29, 0.717) is 5.69 Å². The fraction of sp³-hybridized carbons (Fsp3) is 0.300. The number of pyridine rings is 1. The Kier molecular flexibility index (Phi) is 11.5. The standard InChI is InChI=1S/C18H23FN6O5S.C2HF3O2/c1-11-7-13(9-15(26)22-5-6-30-24-18(20)21)16(17(27)23-11)25-31(28,29)10-12-3-2-4-14(19)8-12;3-2(4,5)1(6)7/h2-4,7-8,25H,5-6,9-10H2,1H3,(H,22,26)(H,23,27)(H4,20,21,24);(H,6,7). The molecule has 0 spiro atoms. The number of H-pyrrole nitrogens is 1. The van der Waals surface area contributed by atoms with Crippen LogP contribution in [0.3, 0.4) is 0 Å². The predicted octanol–water partition coefficient (Wildman–Crippen LogP) is 0.261. The van der Waals surface area contributed by atoms with E-state index in [4.69, 9.17) is 26.2 Å². The highest BCUT2D eigenvalue weighted by Crippen LogP contribution is 2.16. The van der Waals surface area contributed by atoms with Gasteiger partial charge in [-0.05, 0) is 41.4 Å². The second-order valence-electron chi connectivity index (χ2n) is 7.35. The number of benzene rings is 1. The lowest BCUT2D eigenvalue weighted by Crippen LogP contribution is -2.30. The molecule has 0 saturated carbocycles. The highest BCUT2D eigenvalue weighted by atomic mass is 32.2. The van der Waals surface area contributed by atoms with Gasteiger partial charge in [-0.25, -0.2) is 17.6 Å². The van der Waals surface area contributed by atoms with Gasteiger partial charge in [-0.3, -0.25) is 14.3 Å². The van der Waals surface area contributed by atoms with Crippen LogP contribution in [0.1, 0.15) is 16.8 Å². The van der Waals surface area contributed by atoms with Gasteiger partial charge in [-0.2, -0.15) is 13.2 Å². The molecule has 0 aliphatic heterocycles. The average molecular weight is 569 g/mol. The van der Waals surface area contributed by atoms with E-state index in [9.17, 15) is 35.6 Å². The van der Waals surface area contributed by atoms with E-state index < -0.39 is 45.2 Å². The topological polar surface area (TPSA) is 219 Å². The molecule has 1 aromatic heterocycles. The number of amides is 1. The summed E-state index contributed by atoms with van der Waals surface area (Å²) in [5, 5.41) is 13.0. The van der Waals surface area contributed by atoms with Crippen LogP contribution in [0.15, 0.2) is 40.3 Å². The van der Waals surface area contributed by atoms with E-state index in [2.05, 4.69) is 20.2 Å². The number of anilines is 1. The van der Waals surface area contributed by atoms with Gasteiger partial charge in [0.15, 0.2) is 0 Å². The van der Waals surface area contributed by atoms with Gasteiger partial charge in [-0.1, -0.05) is 12.1 Å². The molecule has 13 nitrogen and oxygen atoms in total. The Morgan fingerprint density at radius 3 is 2.39 bits per heavy atom. The van der Waals surface area contributed by atoms with E-state index in [1.54, 1.807) is 6.92 Å². The second-order valence-corrected chi connectivity index (χ2v) is 9.07. The van der Waals surface area contributed by atoms with Crippen molar-refractivity contribution in [2.24, 2.45) is 16.6 Å². The van der Waals surface area contributed by atoms with Crippen LogP contribution in [0.4, 0.5) is 23.2 Å². The zero-order valence-electron chi connectivity index (χ0n) is 19.6. The van der Waals surface area contributed by atoms with E-state index in [-0.39, 0.29) is 42.3 Å². The second kappa shape index (κ2) is 13.8. The summed E-state index contributed by atoms with van der Waals surface area (Å²) in [4.78, 5) is 40.7. The number of aliphatic carboxylic acids is 1. The molecule has 38 heavy (non-hydrogen) atoms. The number of hydrogen-bond donors (Lipinski definition) is 6. The van der Waals surface area contributed by atoms with Gasteiger partial charge in [0.1, 0.15) is 18.1 Å². The van der Waals surface area contributed by atoms with E-state index >= 15 is 0 Å². The molecule has 2 rings (SSSR count). The van der Waals surface area contributed by atoms with Crippen LogP contribution in [-0.2, 0) is 36.6 Å². The number of hydrogen-bond acceptors (Lipinski definition) is 7. The Balaban J connectivity index is 0.000000905. The summed E-state index contributed by atoms with van der Waals surface area (Å²) in [5.41, 5.74) is 10.0. The largest absolute Gasteiger partial charge is 0.490 e. The number of aromatic nitrogens is 1. The third kappa shape index (κ3) is 12.1. The average Bonchev–Trinajstić information content (AvgIpc) is 2.75.